The first kappa shape index (κ1) is 11.3. The van der Waals surface area contributed by atoms with Crippen molar-refractivity contribution in [1.29, 1.82) is 0 Å². The van der Waals surface area contributed by atoms with E-state index in [1.165, 1.54) is 16.8 Å². The van der Waals surface area contributed by atoms with E-state index in [0.29, 0.717) is 6.73 Å². The Labute approximate surface area is 108 Å². The maximum absolute atomic E-state index is 5.62. The first-order chi connectivity index (χ1) is 8.93. The summed E-state index contributed by atoms with van der Waals surface area (Å²) in [4.78, 5) is 2.31. The summed E-state index contributed by atoms with van der Waals surface area (Å²) in [5, 5.41) is 0. The van der Waals surface area contributed by atoms with Crippen molar-refractivity contribution in [2.75, 3.05) is 18.2 Å². The van der Waals surface area contributed by atoms with E-state index in [4.69, 9.17) is 4.74 Å². The third-order valence-electron chi connectivity index (χ3n) is 3.35. The highest BCUT2D eigenvalue weighted by molar-refractivity contribution is 5.54. The number of anilines is 1. The standard InChI is InChI=1S/C16H17NO/c1-2-6-14(7-3-1)10-11-17-13-18-12-15-8-4-5-9-16(15)17/h1-9H,10-13H2. The lowest BCUT2D eigenvalue weighted by molar-refractivity contribution is 0.110. The van der Waals surface area contributed by atoms with Crippen LogP contribution in [0.15, 0.2) is 54.6 Å². The van der Waals surface area contributed by atoms with Crippen LogP contribution in [0.5, 0.6) is 0 Å². The molecule has 2 aromatic carbocycles. The molecule has 0 unspecified atom stereocenters. The van der Waals surface area contributed by atoms with Crippen LogP contribution in [0.2, 0.25) is 0 Å². The van der Waals surface area contributed by atoms with Crippen LogP contribution < -0.4 is 4.90 Å². The topological polar surface area (TPSA) is 12.5 Å². The molecule has 2 aromatic rings. The van der Waals surface area contributed by atoms with Gasteiger partial charge in [0.2, 0.25) is 0 Å². The summed E-state index contributed by atoms with van der Waals surface area (Å²) in [6, 6.07) is 19.1. The Hall–Kier alpha value is -1.80. The highest BCUT2D eigenvalue weighted by atomic mass is 16.5. The van der Waals surface area contributed by atoms with Gasteiger partial charge < -0.3 is 9.64 Å². The molecule has 0 N–H and O–H groups in total. The second kappa shape index (κ2) is 5.23. The fourth-order valence-corrected chi connectivity index (χ4v) is 2.37. The third-order valence-corrected chi connectivity index (χ3v) is 3.35. The van der Waals surface area contributed by atoms with Crippen LogP contribution in [-0.2, 0) is 17.8 Å². The van der Waals surface area contributed by atoms with Gasteiger partial charge in [0, 0.05) is 17.8 Å². The van der Waals surface area contributed by atoms with Gasteiger partial charge in [0.1, 0.15) is 6.73 Å². The molecule has 0 spiro atoms. The smallest absolute Gasteiger partial charge is 0.119 e. The normalized spacial score (nSPS) is 14.3. The number of hydrogen-bond acceptors (Lipinski definition) is 2. The van der Waals surface area contributed by atoms with E-state index in [2.05, 4.69) is 59.5 Å². The molecule has 0 bridgehead atoms. The van der Waals surface area contributed by atoms with E-state index in [9.17, 15) is 0 Å². The Morgan fingerprint density at radius 3 is 2.61 bits per heavy atom. The maximum Gasteiger partial charge on any atom is 0.119 e. The number of nitrogens with zero attached hydrogens (tertiary/aromatic N) is 1. The zero-order chi connectivity index (χ0) is 12.2. The predicted molar refractivity (Wildman–Crippen MR) is 73.6 cm³/mol. The zero-order valence-electron chi connectivity index (χ0n) is 10.4. The predicted octanol–water partition coefficient (Wildman–Crippen LogP) is 3.22. The van der Waals surface area contributed by atoms with Crippen molar-refractivity contribution in [2.45, 2.75) is 13.0 Å². The van der Waals surface area contributed by atoms with E-state index in [-0.39, 0.29) is 0 Å². The average Bonchev–Trinajstić information content (AvgIpc) is 2.46. The van der Waals surface area contributed by atoms with Crippen molar-refractivity contribution in [2.24, 2.45) is 0 Å². The molecule has 0 fully saturated rings. The Kier molecular flexibility index (Phi) is 3.29. The highest BCUT2D eigenvalue weighted by Crippen LogP contribution is 2.25. The quantitative estimate of drug-likeness (QED) is 0.815. The van der Waals surface area contributed by atoms with Gasteiger partial charge in [0.25, 0.3) is 0 Å². The van der Waals surface area contributed by atoms with Crippen molar-refractivity contribution in [3.63, 3.8) is 0 Å². The van der Waals surface area contributed by atoms with E-state index < -0.39 is 0 Å². The molecule has 0 aliphatic carbocycles. The van der Waals surface area contributed by atoms with Crippen LogP contribution in [0.3, 0.4) is 0 Å². The molecular weight excluding hydrogens is 222 g/mol. The van der Waals surface area contributed by atoms with Crippen LogP contribution in [0, 0.1) is 0 Å². The molecule has 18 heavy (non-hydrogen) atoms. The molecule has 0 saturated heterocycles. The summed E-state index contributed by atoms with van der Waals surface area (Å²) < 4.78 is 5.62. The SMILES string of the molecule is c1ccc(CCN2COCc3ccccc32)cc1. The van der Waals surface area contributed by atoms with Gasteiger partial charge in [-0.05, 0) is 18.1 Å². The molecule has 0 atom stereocenters. The van der Waals surface area contributed by atoms with Crippen molar-refractivity contribution < 1.29 is 4.74 Å². The molecule has 0 saturated carbocycles. The molecule has 92 valence electrons. The van der Waals surface area contributed by atoms with E-state index in [1.807, 2.05) is 0 Å². The molecule has 3 rings (SSSR count). The van der Waals surface area contributed by atoms with Crippen LogP contribution in [0.1, 0.15) is 11.1 Å². The van der Waals surface area contributed by atoms with Gasteiger partial charge in [-0.2, -0.15) is 0 Å². The summed E-state index contributed by atoms with van der Waals surface area (Å²) in [5.41, 5.74) is 3.98. The van der Waals surface area contributed by atoms with Gasteiger partial charge in [-0.15, -0.1) is 0 Å². The Bertz CT molecular complexity index is 510. The summed E-state index contributed by atoms with van der Waals surface area (Å²) in [7, 11) is 0. The molecule has 1 aliphatic heterocycles. The van der Waals surface area contributed by atoms with Gasteiger partial charge in [0.05, 0.1) is 6.61 Å². The minimum absolute atomic E-state index is 0.698. The lowest BCUT2D eigenvalue weighted by Crippen LogP contribution is -2.32. The van der Waals surface area contributed by atoms with Gasteiger partial charge in [-0.3, -0.25) is 0 Å². The minimum Gasteiger partial charge on any atom is -0.356 e. The molecule has 2 heteroatoms. The largest absolute Gasteiger partial charge is 0.356 e. The van der Waals surface area contributed by atoms with Crippen LogP contribution in [0.4, 0.5) is 5.69 Å². The van der Waals surface area contributed by atoms with Crippen molar-refractivity contribution in [1.82, 2.24) is 0 Å². The molecule has 0 aromatic heterocycles. The first-order valence-corrected chi connectivity index (χ1v) is 6.38. The number of para-hydroxylation sites is 1. The second-order valence-electron chi connectivity index (χ2n) is 4.61. The number of rotatable bonds is 3. The Morgan fingerprint density at radius 2 is 1.72 bits per heavy atom. The van der Waals surface area contributed by atoms with Crippen LogP contribution >= 0.6 is 0 Å². The summed E-state index contributed by atoms with van der Waals surface area (Å²) in [6.45, 7) is 2.43. The van der Waals surface area contributed by atoms with Crippen molar-refractivity contribution in [3.05, 3.63) is 65.7 Å². The molecule has 2 nitrogen and oxygen atoms in total. The molecule has 1 aliphatic rings. The monoisotopic (exact) mass is 239 g/mol. The van der Waals surface area contributed by atoms with Crippen LogP contribution in [0.25, 0.3) is 0 Å². The van der Waals surface area contributed by atoms with Gasteiger partial charge in [0.15, 0.2) is 0 Å². The number of fused-ring (bicyclic) bond motifs is 1. The summed E-state index contributed by atoms with van der Waals surface area (Å²) in [5.74, 6) is 0. The van der Waals surface area contributed by atoms with E-state index in [0.717, 1.165) is 19.6 Å². The second-order valence-corrected chi connectivity index (χ2v) is 4.61. The molecular formula is C16H17NO. The third kappa shape index (κ3) is 2.39. The first-order valence-electron chi connectivity index (χ1n) is 6.38. The zero-order valence-corrected chi connectivity index (χ0v) is 10.4. The van der Waals surface area contributed by atoms with Gasteiger partial charge in [-0.1, -0.05) is 48.5 Å². The fourth-order valence-electron chi connectivity index (χ4n) is 2.37. The summed E-state index contributed by atoms with van der Waals surface area (Å²) >= 11 is 0. The summed E-state index contributed by atoms with van der Waals surface area (Å²) in [6.07, 6.45) is 1.05. The van der Waals surface area contributed by atoms with Crippen LogP contribution in [-0.4, -0.2) is 13.3 Å². The molecule has 1 heterocycles. The Morgan fingerprint density at radius 1 is 0.944 bits per heavy atom. The van der Waals surface area contributed by atoms with E-state index in [1.54, 1.807) is 0 Å². The van der Waals surface area contributed by atoms with Gasteiger partial charge >= 0.3 is 0 Å². The van der Waals surface area contributed by atoms with Crippen molar-refractivity contribution in [3.8, 4) is 0 Å². The fraction of sp³-hybridized carbons (Fsp3) is 0.250. The number of hydrogen-bond donors (Lipinski definition) is 0. The lowest BCUT2D eigenvalue weighted by atomic mass is 10.1. The number of ether oxygens (including phenoxy) is 1. The lowest BCUT2D eigenvalue weighted by Gasteiger charge is -2.31. The number of benzene rings is 2. The van der Waals surface area contributed by atoms with Crippen molar-refractivity contribution >= 4 is 5.69 Å². The minimum atomic E-state index is 0.698. The maximum atomic E-state index is 5.62. The molecule has 0 radical (unpaired) electrons. The van der Waals surface area contributed by atoms with E-state index >= 15 is 0 Å². The highest BCUT2D eigenvalue weighted by Gasteiger charge is 2.15. The Balaban J connectivity index is 1.71. The average molecular weight is 239 g/mol. The molecule has 0 amide bonds. The van der Waals surface area contributed by atoms with Gasteiger partial charge in [-0.25, -0.2) is 0 Å².